The van der Waals surface area contributed by atoms with Gasteiger partial charge in [-0.15, -0.1) is 0 Å². The van der Waals surface area contributed by atoms with Gasteiger partial charge in [-0.05, 0) is 35.6 Å². The van der Waals surface area contributed by atoms with Gasteiger partial charge in [-0.2, -0.15) is 10.5 Å². The molecule has 2 heteroatoms. The standard InChI is InChI=1S/C13H8N2/c14-5-7-1-2-8-9(3-7)10-4-11-12(8)13(10,11)6-15/h1-3,10-12H,4H2/t10-,11-,12+,13-/m0/s1. The third kappa shape index (κ3) is 0.546. The lowest BCUT2D eigenvalue weighted by molar-refractivity contribution is 0.311. The molecule has 70 valence electrons. The van der Waals surface area contributed by atoms with E-state index in [2.05, 4.69) is 18.2 Å². The number of hydrogen-bond donors (Lipinski definition) is 0. The average molecular weight is 192 g/mol. The van der Waals surface area contributed by atoms with E-state index in [0.29, 0.717) is 17.8 Å². The Kier molecular flexibility index (Phi) is 0.960. The molecule has 2 saturated carbocycles. The fraction of sp³-hybridized carbons (Fsp3) is 0.385. The van der Waals surface area contributed by atoms with Gasteiger partial charge < -0.3 is 0 Å². The molecule has 4 rings (SSSR count). The van der Waals surface area contributed by atoms with Crippen molar-refractivity contribution in [1.82, 2.24) is 0 Å². The molecular weight excluding hydrogens is 184 g/mol. The van der Waals surface area contributed by atoms with Gasteiger partial charge in [0.25, 0.3) is 0 Å². The van der Waals surface area contributed by atoms with Gasteiger partial charge in [0.15, 0.2) is 0 Å². The molecule has 3 aliphatic carbocycles. The molecule has 0 bridgehead atoms. The predicted octanol–water partition coefficient (Wildman–Crippen LogP) is 2.28. The number of rotatable bonds is 0. The van der Waals surface area contributed by atoms with Crippen molar-refractivity contribution >= 4 is 0 Å². The van der Waals surface area contributed by atoms with Crippen LogP contribution in [-0.4, -0.2) is 0 Å². The fourth-order valence-corrected chi connectivity index (χ4v) is 3.89. The minimum absolute atomic E-state index is 0.0452. The van der Waals surface area contributed by atoms with E-state index >= 15 is 0 Å². The Hall–Kier alpha value is -1.80. The minimum Gasteiger partial charge on any atom is -0.198 e. The third-order valence-electron chi connectivity index (χ3n) is 4.61. The molecule has 4 atom stereocenters. The highest BCUT2D eigenvalue weighted by molar-refractivity contribution is 5.61. The zero-order valence-corrected chi connectivity index (χ0v) is 8.07. The quantitative estimate of drug-likeness (QED) is 0.633. The van der Waals surface area contributed by atoms with Crippen molar-refractivity contribution in [2.45, 2.75) is 18.3 Å². The highest BCUT2D eigenvalue weighted by atomic mass is 14.8. The molecular formula is C13H8N2. The summed E-state index contributed by atoms with van der Waals surface area (Å²) < 4.78 is 0. The van der Waals surface area contributed by atoms with Crippen LogP contribution in [-0.2, 0) is 0 Å². The van der Waals surface area contributed by atoms with E-state index in [4.69, 9.17) is 5.26 Å². The molecule has 0 saturated heterocycles. The number of fused-ring (bicyclic) bond motifs is 4. The minimum atomic E-state index is -0.0452. The summed E-state index contributed by atoms with van der Waals surface area (Å²) in [5, 5.41) is 18.1. The van der Waals surface area contributed by atoms with Crippen LogP contribution in [0, 0.1) is 34.0 Å². The van der Waals surface area contributed by atoms with E-state index in [1.165, 1.54) is 17.5 Å². The lowest BCUT2D eigenvalue weighted by Gasteiger charge is -2.31. The number of hydrogen-bond acceptors (Lipinski definition) is 2. The second-order valence-electron chi connectivity index (χ2n) is 4.87. The highest BCUT2D eigenvalue weighted by Gasteiger charge is 2.81. The fourth-order valence-electron chi connectivity index (χ4n) is 3.89. The van der Waals surface area contributed by atoms with Gasteiger partial charge in [0.05, 0.1) is 23.1 Å². The maximum absolute atomic E-state index is 9.25. The first-order valence-electron chi connectivity index (χ1n) is 5.28. The average Bonchev–Trinajstić information content (AvgIpc) is 2.70. The van der Waals surface area contributed by atoms with Gasteiger partial charge in [0.2, 0.25) is 0 Å². The van der Waals surface area contributed by atoms with Gasteiger partial charge >= 0.3 is 0 Å². The van der Waals surface area contributed by atoms with Crippen molar-refractivity contribution in [2.24, 2.45) is 11.3 Å². The van der Waals surface area contributed by atoms with Crippen LogP contribution in [0.1, 0.15) is 34.9 Å². The van der Waals surface area contributed by atoms with E-state index in [1.54, 1.807) is 0 Å². The van der Waals surface area contributed by atoms with Gasteiger partial charge in [0, 0.05) is 11.8 Å². The van der Waals surface area contributed by atoms with Crippen molar-refractivity contribution in [3.8, 4) is 12.1 Å². The summed E-state index contributed by atoms with van der Waals surface area (Å²) in [6.45, 7) is 0. The molecule has 1 aromatic carbocycles. The summed E-state index contributed by atoms with van der Waals surface area (Å²) in [7, 11) is 0. The Bertz CT molecular complexity index is 575. The lowest BCUT2D eigenvalue weighted by atomic mass is 9.70. The number of nitriles is 2. The van der Waals surface area contributed by atoms with Crippen molar-refractivity contribution in [3.05, 3.63) is 34.9 Å². The summed E-state index contributed by atoms with van der Waals surface area (Å²) in [5.74, 6) is 1.56. The van der Waals surface area contributed by atoms with E-state index in [9.17, 15) is 5.26 Å². The summed E-state index contributed by atoms with van der Waals surface area (Å²) in [6, 6.07) is 10.6. The number of nitrogens with zero attached hydrogens (tertiary/aromatic N) is 2. The van der Waals surface area contributed by atoms with Crippen LogP contribution in [0.5, 0.6) is 0 Å². The van der Waals surface area contributed by atoms with Crippen molar-refractivity contribution in [3.63, 3.8) is 0 Å². The predicted molar refractivity (Wildman–Crippen MR) is 52.8 cm³/mol. The van der Waals surface area contributed by atoms with Gasteiger partial charge in [-0.25, -0.2) is 0 Å². The van der Waals surface area contributed by atoms with Crippen LogP contribution < -0.4 is 0 Å². The second kappa shape index (κ2) is 1.92. The topological polar surface area (TPSA) is 47.6 Å². The molecule has 0 N–H and O–H groups in total. The van der Waals surface area contributed by atoms with Gasteiger partial charge in [0.1, 0.15) is 0 Å². The van der Waals surface area contributed by atoms with Gasteiger partial charge in [-0.1, -0.05) is 6.07 Å². The number of benzene rings is 1. The molecule has 0 radical (unpaired) electrons. The molecule has 0 aromatic heterocycles. The molecule has 2 fully saturated rings. The van der Waals surface area contributed by atoms with Gasteiger partial charge in [-0.3, -0.25) is 0 Å². The molecule has 0 aliphatic heterocycles. The summed E-state index contributed by atoms with van der Waals surface area (Å²) >= 11 is 0. The Balaban J connectivity index is 1.95. The molecule has 3 aliphatic rings. The first kappa shape index (κ1) is 7.49. The third-order valence-corrected chi connectivity index (χ3v) is 4.61. The molecule has 0 unspecified atom stereocenters. The monoisotopic (exact) mass is 192 g/mol. The maximum Gasteiger partial charge on any atom is 0.0991 e. The normalized spacial score (nSPS) is 41.9. The smallest absolute Gasteiger partial charge is 0.0991 e. The van der Waals surface area contributed by atoms with E-state index in [0.717, 1.165) is 5.56 Å². The van der Waals surface area contributed by atoms with Crippen LogP contribution >= 0.6 is 0 Å². The molecule has 0 heterocycles. The zero-order chi connectivity index (χ0) is 10.2. The summed E-state index contributed by atoms with van der Waals surface area (Å²) in [4.78, 5) is 0. The molecule has 2 nitrogen and oxygen atoms in total. The van der Waals surface area contributed by atoms with E-state index in [1.807, 2.05) is 12.1 Å². The van der Waals surface area contributed by atoms with Crippen LogP contribution in [0.15, 0.2) is 18.2 Å². The van der Waals surface area contributed by atoms with Crippen LogP contribution in [0.4, 0.5) is 0 Å². The maximum atomic E-state index is 9.25. The zero-order valence-electron chi connectivity index (χ0n) is 8.07. The van der Waals surface area contributed by atoms with Crippen LogP contribution in [0.3, 0.4) is 0 Å². The highest BCUT2D eigenvalue weighted by Crippen LogP contribution is 2.86. The Morgan fingerprint density at radius 3 is 2.87 bits per heavy atom. The van der Waals surface area contributed by atoms with E-state index in [-0.39, 0.29) is 5.41 Å². The van der Waals surface area contributed by atoms with E-state index < -0.39 is 0 Å². The largest absolute Gasteiger partial charge is 0.198 e. The SMILES string of the molecule is N#Cc1ccc2c(c1)[C@@H]1C[C@H]3[C@@H]2[C@@]13C#N. The Morgan fingerprint density at radius 2 is 2.13 bits per heavy atom. The molecule has 15 heavy (non-hydrogen) atoms. The van der Waals surface area contributed by atoms with Crippen LogP contribution in [0.25, 0.3) is 0 Å². The Morgan fingerprint density at radius 1 is 1.27 bits per heavy atom. The summed E-state index contributed by atoms with van der Waals surface area (Å²) in [6.07, 6.45) is 1.17. The van der Waals surface area contributed by atoms with Crippen molar-refractivity contribution in [1.29, 1.82) is 10.5 Å². The van der Waals surface area contributed by atoms with Crippen molar-refractivity contribution < 1.29 is 0 Å². The lowest BCUT2D eigenvalue weighted by Crippen LogP contribution is -2.24. The van der Waals surface area contributed by atoms with Crippen molar-refractivity contribution in [2.75, 3.05) is 0 Å². The molecule has 0 amide bonds. The van der Waals surface area contributed by atoms with Crippen LogP contribution in [0.2, 0.25) is 0 Å². The first-order chi connectivity index (χ1) is 7.32. The molecule has 0 spiro atoms. The second-order valence-corrected chi connectivity index (χ2v) is 4.87. The molecule has 1 aromatic rings. The Labute approximate surface area is 87.8 Å². The summed E-state index contributed by atoms with van der Waals surface area (Å²) in [5.41, 5.74) is 3.31. The first-order valence-corrected chi connectivity index (χ1v) is 5.28.